The number of nitrogens with two attached hydrogens (primary N) is 1. The van der Waals surface area contributed by atoms with Gasteiger partial charge in [0.15, 0.2) is 10.4 Å². The van der Waals surface area contributed by atoms with Crippen LogP contribution in [-0.2, 0) is 0 Å². The molecule has 0 saturated carbocycles. The van der Waals surface area contributed by atoms with E-state index in [1.807, 2.05) is 0 Å². The molecule has 0 fully saturated rings. The van der Waals surface area contributed by atoms with Gasteiger partial charge in [-0.15, -0.1) is 0 Å². The molecule has 3 N–H and O–H groups in total. The molecule has 0 amide bonds. The number of aromatic amines is 1. The van der Waals surface area contributed by atoms with E-state index in [2.05, 4.69) is 30.9 Å². The molecular formula is C14H9BrF2N4O. The molecule has 3 rings (SSSR count). The van der Waals surface area contributed by atoms with Crippen LogP contribution in [0.3, 0.4) is 0 Å². The zero-order valence-corrected chi connectivity index (χ0v) is 12.8. The molecule has 5 nitrogen and oxygen atoms in total. The fraction of sp³-hybridized carbons (Fsp3) is 0.0714. The minimum absolute atomic E-state index is 0.0537. The molecule has 2 aromatic heterocycles. The summed E-state index contributed by atoms with van der Waals surface area (Å²) >= 11 is 2.92. The number of pyridine rings is 1. The largest absolute Gasteiger partial charge is 0.382 e. The van der Waals surface area contributed by atoms with Gasteiger partial charge in [-0.25, -0.2) is 9.37 Å². The van der Waals surface area contributed by atoms with Crippen LogP contribution in [0.2, 0.25) is 0 Å². The Balaban J connectivity index is 2.34. The van der Waals surface area contributed by atoms with Crippen LogP contribution in [0.15, 0.2) is 27.6 Å². The number of H-pyrrole nitrogens is 1. The van der Waals surface area contributed by atoms with Crippen molar-refractivity contribution in [3.05, 3.63) is 50.6 Å². The topological polar surface area (TPSA) is 84.7 Å². The number of nitrogens with one attached hydrogen (secondary N) is 1. The molecule has 3 aromatic rings. The number of aryl methyl sites for hydroxylation is 1. The van der Waals surface area contributed by atoms with Gasteiger partial charge in [0.05, 0.1) is 5.39 Å². The molecule has 0 aliphatic carbocycles. The number of rotatable bonds is 1. The summed E-state index contributed by atoms with van der Waals surface area (Å²) in [4.78, 5) is 21.8. The Bertz CT molecular complexity index is 971. The highest BCUT2D eigenvalue weighted by Gasteiger charge is 2.15. The van der Waals surface area contributed by atoms with E-state index in [1.165, 1.54) is 0 Å². The van der Waals surface area contributed by atoms with Crippen molar-refractivity contribution in [3.63, 3.8) is 0 Å². The fourth-order valence-electron chi connectivity index (χ4n) is 2.25. The monoisotopic (exact) mass is 366 g/mol. The van der Waals surface area contributed by atoms with E-state index in [1.54, 1.807) is 19.1 Å². The smallest absolute Gasteiger partial charge is 0.258 e. The Morgan fingerprint density at radius 2 is 1.95 bits per heavy atom. The molecular weight excluding hydrogens is 358 g/mol. The predicted octanol–water partition coefficient (Wildman–Crippen LogP) is 2.92. The molecule has 0 spiro atoms. The van der Waals surface area contributed by atoms with Crippen LogP contribution in [-0.4, -0.2) is 15.0 Å². The Labute approximate surface area is 131 Å². The van der Waals surface area contributed by atoms with Gasteiger partial charge in [0.25, 0.3) is 5.56 Å². The third kappa shape index (κ3) is 2.35. The van der Waals surface area contributed by atoms with Gasteiger partial charge >= 0.3 is 0 Å². The van der Waals surface area contributed by atoms with Crippen molar-refractivity contribution in [3.8, 4) is 11.3 Å². The second-order valence-corrected chi connectivity index (χ2v) is 5.49. The average molecular weight is 367 g/mol. The first-order chi connectivity index (χ1) is 10.4. The fourth-order valence-corrected chi connectivity index (χ4v) is 2.51. The van der Waals surface area contributed by atoms with E-state index in [0.29, 0.717) is 16.6 Å². The Morgan fingerprint density at radius 3 is 2.68 bits per heavy atom. The molecule has 0 unspecified atom stereocenters. The first-order valence-electron chi connectivity index (χ1n) is 6.19. The second-order valence-electron chi connectivity index (χ2n) is 4.74. The molecule has 22 heavy (non-hydrogen) atoms. The lowest BCUT2D eigenvalue weighted by atomic mass is 10.0. The number of benzene rings is 1. The van der Waals surface area contributed by atoms with Gasteiger partial charge in [-0.1, -0.05) is 0 Å². The van der Waals surface area contributed by atoms with Gasteiger partial charge in [-0.3, -0.25) is 4.79 Å². The summed E-state index contributed by atoms with van der Waals surface area (Å²) in [6.07, 6.45) is 0. The molecule has 1 aromatic carbocycles. The molecule has 0 saturated heterocycles. The van der Waals surface area contributed by atoms with E-state index in [-0.39, 0.29) is 21.5 Å². The SMILES string of the molecule is Cc1cc2cc(-c3nc(Br)c(F)nc3N)cc(F)c2c(=O)[nH]1. The molecule has 0 bridgehead atoms. The zero-order chi connectivity index (χ0) is 16.0. The van der Waals surface area contributed by atoms with Gasteiger partial charge in [0.2, 0.25) is 5.95 Å². The van der Waals surface area contributed by atoms with Gasteiger partial charge in [0, 0.05) is 11.3 Å². The predicted molar refractivity (Wildman–Crippen MR) is 82.4 cm³/mol. The summed E-state index contributed by atoms with van der Waals surface area (Å²) in [6, 6.07) is 4.31. The minimum Gasteiger partial charge on any atom is -0.382 e. The van der Waals surface area contributed by atoms with Crippen LogP contribution < -0.4 is 11.3 Å². The first kappa shape index (κ1) is 14.6. The van der Waals surface area contributed by atoms with Crippen molar-refractivity contribution < 1.29 is 8.78 Å². The molecule has 0 aliphatic rings. The number of nitrogen functional groups attached to an aromatic ring is 1. The summed E-state index contributed by atoms with van der Waals surface area (Å²) in [5.41, 5.74) is 6.16. The molecule has 112 valence electrons. The lowest BCUT2D eigenvalue weighted by Gasteiger charge is -2.08. The quantitative estimate of drug-likeness (QED) is 0.693. The van der Waals surface area contributed by atoms with Crippen LogP contribution in [0, 0.1) is 18.7 Å². The maximum absolute atomic E-state index is 14.2. The van der Waals surface area contributed by atoms with Crippen molar-refractivity contribution in [2.45, 2.75) is 6.92 Å². The van der Waals surface area contributed by atoms with Crippen LogP contribution in [0.5, 0.6) is 0 Å². The highest BCUT2D eigenvalue weighted by molar-refractivity contribution is 9.10. The van der Waals surface area contributed by atoms with Crippen LogP contribution in [0.4, 0.5) is 14.6 Å². The number of nitrogens with zero attached hydrogens (tertiary/aromatic N) is 2. The number of hydrogen-bond donors (Lipinski definition) is 2. The van der Waals surface area contributed by atoms with Crippen molar-refractivity contribution in [1.29, 1.82) is 0 Å². The maximum Gasteiger partial charge on any atom is 0.258 e. The highest BCUT2D eigenvalue weighted by Crippen LogP contribution is 2.29. The number of halogens is 3. The normalized spacial score (nSPS) is 11.1. The molecule has 0 atom stereocenters. The van der Waals surface area contributed by atoms with E-state index in [9.17, 15) is 13.6 Å². The van der Waals surface area contributed by atoms with Crippen molar-refractivity contribution in [2.75, 3.05) is 5.73 Å². The standard InChI is InChI=1S/C14H9BrF2N4O/c1-5-2-6-3-7(4-8(16)9(6)14(22)19-5)10-13(18)21-12(17)11(15)20-10/h2-4H,1H3,(H2,18,21)(H,19,22). The second kappa shape index (κ2) is 5.13. The Hall–Kier alpha value is -2.35. The van der Waals surface area contributed by atoms with E-state index in [0.717, 1.165) is 6.07 Å². The lowest BCUT2D eigenvalue weighted by molar-refractivity contribution is 0.571. The molecule has 0 aliphatic heterocycles. The Kier molecular flexibility index (Phi) is 3.40. The number of hydrogen-bond acceptors (Lipinski definition) is 4. The summed E-state index contributed by atoms with van der Waals surface area (Å²) in [5.74, 6) is -1.73. The van der Waals surface area contributed by atoms with E-state index in [4.69, 9.17) is 5.73 Å². The van der Waals surface area contributed by atoms with E-state index >= 15 is 0 Å². The molecule has 0 radical (unpaired) electrons. The van der Waals surface area contributed by atoms with Gasteiger partial charge in [0.1, 0.15) is 11.5 Å². The Morgan fingerprint density at radius 1 is 1.23 bits per heavy atom. The van der Waals surface area contributed by atoms with E-state index < -0.39 is 17.3 Å². The van der Waals surface area contributed by atoms with Crippen LogP contribution in [0.25, 0.3) is 22.0 Å². The maximum atomic E-state index is 14.2. The molecule has 2 heterocycles. The number of fused-ring (bicyclic) bond motifs is 1. The molecule has 8 heteroatoms. The number of anilines is 1. The summed E-state index contributed by atoms with van der Waals surface area (Å²) < 4.78 is 27.4. The van der Waals surface area contributed by atoms with Crippen molar-refractivity contribution in [1.82, 2.24) is 15.0 Å². The number of aromatic nitrogens is 3. The summed E-state index contributed by atoms with van der Waals surface area (Å²) in [7, 11) is 0. The van der Waals surface area contributed by atoms with Gasteiger partial charge in [-0.2, -0.15) is 9.37 Å². The third-order valence-electron chi connectivity index (χ3n) is 3.15. The van der Waals surface area contributed by atoms with Crippen LogP contribution in [0.1, 0.15) is 5.69 Å². The van der Waals surface area contributed by atoms with Crippen molar-refractivity contribution in [2.24, 2.45) is 0 Å². The highest BCUT2D eigenvalue weighted by atomic mass is 79.9. The zero-order valence-electron chi connectivity index (χ0n) is 11.2. The summed E-state index contributed by atoms with van der Waals surface area (Å²) in [6.45, 7) is 1.69. The lowest BCUT2D eigenvalue weighted by Crippen LogP contribution is -2.09. The van der Waals surface area contributed by atoms with Gasteiger partial charge in [-0.05, 0) is 46.4 Å². The first-order valence-corrected chi connectivity index (χ1v) is 6.98. The van der Waals surface area contributed by atoms with Crippen LogP contribution >= 0.6 is 15.9 Å². The third-order valence-corrected chi connectivity index (χ3v) is 3.65. The minimum atomic E-state index is -0.852. The average Bonchev–Trinajstić information content (AvgIpc) is 2.41. The van der Waals surface area contributed by atoms with Gasteiger partial charge < -0.3 is 10.7 Å². The summed E-state index contributed by atoms with van der Waals surface area (Å²) in [5, 5.41) is 0.347. The van der Waals surface area contributed by atoms with Crippen molar-refractivity contribution >= 4 is 32.5 Å².